The van der Waals surface area contributed by atoms with Crippen molar-refractivity contribution < 1.29 is 9.53 Å². The lowest BCUT2D eigenvalue weighted by molar-refractivity contribution is 0.0587. The van der Waals surface area contributed by atoms with Crippen LogP contribution in [0.25, 0.3) is 0 Å². The molecule has 0 aromatic carbocycles. The molecule has 128 valence electrons. The molecular formula is C18H29N3O2. The van der Waals surface area contributed by atoms with Crippen LogP contribution in [0.15, 0.2) is 18.3 Å². The van der Waals surface area contributed by atoms with Gasteiger partial charge in [-0.25, -0.2) is 9.78 Å². The standard InChI is InChI=1S/C18H29N3O2/c1-6-12-21-13-8-10-15(21)14-9-7-11-19-16(14)20(5)17(22)23-18(2,3)4/h7,9,11,15H,6,8,10,12-13H2,1-5H3/t15-/m0/s1. The summed E-state index contributed by atoms with van der Waals surface area (Å²) in [6, 6.07) is 4.37. The molecule has 2 heterocycles. The molecule has 2 rings (SSSR count). The third-order valence-corrected chi connectivity index (χ3v) is 4.04. The predicted octanol–water partition coefficient (Wildman–Crippen LogP) is 4.00. The fourth-order valence-corrected chi connectivity index (χ4v) is 3.10. The molecule has 1 aromatic rings. The molecule has 0 bridgehead atoms. The van der Waals surface area contributed by atoms with E-state index in [-0.39, 0.29) is 6.09 Å². The van der Waals surface area contributed by atoms with E-state index in [9.17, 15) is 4.79 Å². The molecule has 0 radical (unpaired) electrons. The first-order chi connectivity index (χ1) is 10.8. The summed E-state index contributed by atoms with van der Waals surface area (Å²) in [6.07, 6.45) is 4.81. The fraction of sp³-hybridized carbons (Fsp3) is 0.667. The van der Waals surface area contributed by atoms with Gasteiger partial charge in [0.1, 0.15) is 11.4 Å². The molecule has 23 heavy (non-hydrogen) atoms. The normalized spacial score (nSPS) is 18.9. The van der Waals surface area contributed by atoms with E-state index in [1.54, 1.807) is 13.2 Å². The lowest BCUT2D eigenvalue weighted by Crippen LogP contribution is -2.36. The van der Waals surface area contributed by atoms with Crippen molar-refractivity contribution in [2.75, 3.05) is 25.0 Å². The van der Waals surface area contributed by atoms with E-state index in [2.05, 4.69) is 22.9 Å². The molecule has 1 amide bonds. The number of nitrogens with zero attached hydrogens (tertiary/aromatic N) is 3. The zero-order chi connectivity index (χ0) is 17.0. The smallest absolute Gasteiger partial charge is 0.415 e. The Morgan fingerprint density at radius 3 is 2.87 bits per heavy atom. The van der Waals surface area contributed by atoms with Gasteiger partial charge in [0, 0.05) is 24.8 Å². The Morgan fingerprint density at radius 1 is 1.48 bits per heavy atom. The van der Waals surface area contributed by atoms with Crippen LogP contribution in [0.1, 0.15) is 58.6 Å². The van der Waals surface area contributed by atoms with Gasteiger partial charge >= 0.3 is 6.09 Å². The van der Waals surface area contributed by atoms with Gasteiger partial charge in [0.2, 0.25) is 0 Å². The van der Waals surface area contributed by atoms with Crippen molar-refractivity contribution in [3.8, 4) is 0 Å². The fourth-order valence-electron chi connectivity index (χ4n) is 3.10. The number of ether oxygens (including phenoxy) is 1. The highest BCUT2D eigenvalue weighted by Crippen LogP contribution is 2.36. The Hall–Kier alpha value is -1.62. The van der Waals surface area contributed by atoms with Gasteiger partial charge in [0.15, 0.2) is 0 Å². The average Bonchev–Trinajstić information content (AvgIpc) is 2.93. The number of anilines is 1. The molecule has 0 aliphatic carbocycles. The van der Waals surface area contributed by atoms with E-state index < -0.39 is 5.60 Å². The molecule has 0 spiro atoms. The maximum atomic E-state index is 12.4. The second-order valence-corrected chi connectivity index (χ2v) is 7.15. The minimum Gasteiger partial charge on any atom is -0.443 e. The molecule has 0 unspecified atom stereocenters. The summed E-state index contributed by atoms with van der Waals surface area (Å²) in [5, 5.41) is 0. The molecule has 0 saturated carbocycles. The van der Waals surface area contributed by atoms with Crippen molar-refractivity contribution in [1.29, 1.82) is 0 Å². The van der Waals surface area contributed by atoms with E-state index >= 15 is 0 Å². The predicted molar refractivity (Wildman–Crippen MR) is 92.7 cm³/mol. The summed E-state index contributed by atoms with van der Waals surface area (Å²) in [5.41, 5.74) is 0.605. The zero-order valence-electron chi connectivity index (χ0n) is 15.0. The molecule has 0 N–H and O–H groups in total. The highest BCUT2D eigenvalue weighted by Gasteiger charge is 2.30. The largest absolute Gasteiger partial charge is 0.443 e. The van der Waals surface area contributed by atoms with Gasteiger partial charge in [-0.15, -0.1) is 0 Å². The average molecular weight is 319 g/mol. The van der Waals surface area contributed by atoms with Gasteiger partial charge in [-0.1, -0.05) is 13.0 Å². The number of carbonyl (C=O) groups excluding carboxylic acids is 1. The third kappa shape index (κ3) is 4.44. The molecular weight excluding hydrogens is 290 g/mol. The number of hydrogen-bond acceptors (Lipinski definition) is 4. The molecule has 1 aromatic heterocycles. The number of likely N-dealkylation sites (tertiary alicyclic amines) is 1. The summed E-state index contributed by atoms with van der Waals surface area (Å²) in [6.45, 7) is 10.0. The molecule has 1 atom stereocenters. The Labute approximate surface area is 139 Å². The summed E-state index contributed by atoms with van der Waals surface area (Å²) >= 11 is 0. The number of amides is 1. The first kappa shape index (κ1) is 17.7. The molecule has 1 aliphatic heterocycles. The first-order valence-electron chi connectivity index (χ1n) is 8.49. The van der Waals surface area contributed by atoms with Crippen molar-refractivity contribution in [1.82, 2.24) is 9.88 Å². The zero-order valence-corrected chi connectivity index (χ0v) is 15.0. The van der Waals surface area contributed by atoms with Crippen molar-refractivity contribution in [2.45, 2.75) is 58.6 Å². The summed E-state index contributed by atoms with van der Waals surface area (Å²) in [5.74, 6) is 0.703. The van der Waals surface area contributed by atoms with Crippen LogP contribution < -0.4 is 4.90 Å². The number of rotatable bonds is 4. The highest BCUT2D eigenvalue weighted by molar-refractivity contribution is 5.87. The lowest BCUT2D eigenvalue weighted by atomic mass is 10.0. The van der Waals surface area contributed by atoms with Gasteiger partial charge in [0.25, 0.3) is 0 Å². The monoisotopic (exact) mass is 319 g/mol. The summed E-state index contributed by atoms with van der Waals surface area (Å²) in [7, 11) is 1.74. The maximum absolute atomic E-state index is 12.4. The number of pyridine rings is 1. The third-order valence-electron chi connectivity index (χ3n) is 4.04. The Morgan fingerprint density at radius 2 is 2.22 bits per heavy atom. The molecule has 1 saturated heterocycles. The van der Waals surface area contributed by atoms with E-state index in [1.165, 1.54) is 11.3 Å². The first-order valence-corrected chi connectivity index (χ1v) is 8.49. The second-order valence-electron chi connectivity index (χ2n) is 7.15. The summed E-state index contributed by atoms with van der Waals surface area (Å²) < 4.78 is 5.48. The topological polar surface area (TPSA) is 45.7 Å². The van der Waals surface area contributed by atoms with Crippen LogP contribution in [0.2, 0.25) is 0 Å². The molecule has 1 aliphatic rings. The van der Waals surface area contributed by atoms with Crippen LogP contribution in [0.4, 0.5) is 10.6 Å². The van der Waals surface area contributed by atoms with Crippen LogP contribution in [0, 0.1) is 0 Å². The van der Waals surface area contributed by atoms with E-state index in [0.29, 0.717) is 11.9 Å². The second kappa shape index (κ2) is 7.30. The van der Waals surface area contributed by atoms with Crippen molar-refractivity contribution in [2.24, 2.45) is 0 Å². The molecule has 5 heteroatoms. The quantitative estimate of drug-likeness (QED) is 0.841. The highest BCUT2D eigenvalue weighted by atomic mass is 16.6. The van der Waals surface area contributed by atoms with Gasteiger partial charge in [0.05, 0.1) is 0 Å². The number of hydrogen-bond donors (Lipinski definition) is 0. The van der Waals surface area contributed by atoms with Crippen molar-refractivity contribution in [3.63, 3.8) is 0 Å². The minimum atomic E-state index is -0.512. The maximum Gasteiger partial charge on any atom is 0.415 e. The van der Waals surface area contributed by atoms with Crippen molar-refractivity contribution in [3.05, 3.63) is 23.9 Å². The number of carbonyl (C=O) groups is 1. The van der Waals surface area contributed by atoms with Gasteiger partial charge in [-0.05, 0) is 59.2 Å². The minimum absolute atomic E-state index is 0.337. The van der Waals surface area contributed by atoms with E-state index in [0.717, 1.165) is 31.5 Å². The SMILES string of the molecule is CCCN1CCC[C@H]1c1cccnc1N(C)C(=O)OC(C)(C)C. The molecule has 5 nitrogen and oxygen atoms in total. The van der Waals surface area contributed by atoms with Gasteiger partial charge < -0.3 is 4.74 Å². The Kier molecular flexibility index (Phi) is 5.63. The van der Waals surface area contributed by atoms with Crippen LogP contribution in [0.5, 0.6) is 0 Å². The van der Waals surface area contributed by atoms with E-state index in [4.69, 9.17) is 4.74 Å². The summed E-state index contributed by atoms with van der Waals surface area (Å²) in [4.78, 5) is 20.9. The van der Waals surface area contributed by atoms with E-state index in [1.807, 2.05) is 26.8 Å². The Bertz CT molecular complexity index is 539. The van der Waals surface area contributed by atoms with Gasteiger partial charge in [-0.3, -0.25) is 9.80 Å². The van der Waals surface area contributed by atoms with Crippen molar-refractivity contribution >= 4 is 11.9 Å². The van der Waals surface area contributed by atoms with Crippen LogP contribution >= 0.6 is 0 Å². The molecule has 1 fully saturated rings. The van der Waals surface area contributed by atoms with Crippen LogP contribution in [0.3, 0.4) is 0 Å². The number of aromatic nitrogens is 1. The van der Waals surface area contributed by atoms with Gasteiger partial charge in [-0.2, -0.15) is 0 Å². The van der Waals surface area contributed by atoms with Crippen LogP contribution in [-0.2, 0) is 4.74 Å². The Balaban J connectivity index is 2.25. The lowest BCUT2D eigenvalue weighted by Gasteiger charge is -2.29. The van der Waals surface area contributed by atoms with Crippen LogP contribution in [-0.4, -0.2) is 41.7 Å².